The number of carbonyl (C=O) groups is 1. The molecule has 0 unspecified atom stereocenters. The van der Waals surface area contributed by atoms with E-state index in [1.54, 1.807) is 24.0 Å². The van der Waals surface area contributed by atoms with Gasteiger partial charge in [-0.25, -0.2) is 0 Å². The van der Waals surface area contributed by atoms with E-state index in [1.807, 2.05) is 12.1 Å². The summed E-state index contributed by atoms with van der Waals surface area (Å²) in [5.41, 5.74) is 1.24. The first-order chi connectivity index (χ1) is 15.0. The molecule has 0 saturated carbocycles. The second-order valence-corrected chi connectivity index (χ2v) is 7.00. The summed E-state index contributed by atoms with van der Waals surface area (Å²) < 4.78 is 10.7. The standard InChI is InChI=1S/C22H24N4O5/c1-3-31-21-13-18(19(26(28)29)14-20(21)30-2)22(27)25-10-4-9-24(11-12-25)17-7-5-16(15-23)6-8-17/h5-8,13-14H,3-4,9-12H2,1-2H3. The molecule has 1 amide bonds. The Balaban J connectivity index is 1.83. The third-order valence-electron chi connectivity index (χ3n) is 5.15. The van der Waals surface area contributed by atoms with Crippen molar-refractivity contribution < 1.29 is 19.2 Å². The maximum Gasteiger partial charge on any atom is 0.286 e. The van der Waals surface area contributed by atoms with Gasteiger partial charge in [0.2, 0.25) is 0 Å². The van der Waals surface area contributed by atoms with Gasteiger partial charge in [0.1, 0.15) is 5.56 Å². The van der Waals surface area contributed by atoms with Gasteiger partial charge in [0, 0.05) is 37.9 Å². The molecule has 2 aromatic carbocycles. The average molecular weight is 424 g/mol. The van der Waals surface area contributed by atoms with Crippen LogP contribution in [-0.2, 0) is 0 Å². The largest absolute Gasteiger partial charge is 0.493 e. The number of ether oxygens (including phenoxy) is 2. The zero-order valence-electron chi connectivity index (χ0n) is 17.5. The van der Waals surface area contributed by atoms with Crippen molar-refractivity contribution in [1.29, 1.82) is 5.26 Å². The summed E-state index contributed by atoms with van der Waals surface area (Å²) in [6, 6.07) is 12.0. The molecule has 9 nitrogen and oxygen atoms in total. The molecule has 0 N–H and O–H groups in total. The maximum atomic E-state index is 13.2. The highest BCUT2D eigenvalue weighted by molar-refractivity contribution is 5.99. The van der Waals surface area contributed by atoms with Crippen LogP contribution in [0.5, 0.6) is 11.5 Å². The molecule has 0 aromatic heterocycles. The van der Waals surface area contributed by atoms with E-state index >= 15 is 0 Å². The lowest BCUT2D eigenvalue weighted by molar-refractivity contribution is -0.385. The Morgan fingerprint density at radius 3 is 2.52 bits per heavy atom. The number of nitriles is 1. The smallest absolute Gasteiger partial charge is 0.286 e. The zero-order chi connectivity index (χ0) is 22.4. The highest BCUT2D eigenvalue weighted by Crippen LogP contribution is 2.35. The predicted octanol–water partition coefficient (Wildman–Crippen LogP) is 3.23. The van der Waals surface area contributed by atoms with E-state index < -0.39 is 10.8 Å². The van der Waals surface area contributed by atoms with Crippen molar-refractivity contribution in [2.45, 2.75) is 13.3 Å². The molecule has 2 aromatic rings. The summed E-state index contributed by atoms with van der Waals surface area (Å²) in [5.74, 6) is 0.109. The molecule has 31 heavy (non-hydrogen) atoms. The van der Waals surface area contributed by atoms with Crippen LogP contribution in [0.4, 0.5) is 11.4 Å². The molecule has 1 aliphatic rings. The van der Waals surface area contributed by atoms with Crippen molar-refractivity contribution in [3.63, 3.8) is 0 Å². The normalized spacial score (nSPS) is 13.8. The van der Waals surface area contributed by atoms with Gasteiger partial charge < -0.3 is 19.3 Å². The van der Waals surface area contributed by atoms with E-state index in [2.05, 4.69) is 11.0 Å². The lowest BCUT2D eigenvalue weighted by Gasteiger charge is -2.24. The fourth-order valence-corrected chi connectivity index (χ4v) is 3.60. The van der Waals surface area contributed by atoms with Gasteiger partial charge in [-0.05, 0) is 37.6 Å². The number of hydrogen-bond acceptors (Lipinski definition) is 7. The number of amides is 1. The highest BCUT2D eigenvalue weighted by Gasteiger charge is 2.29. The molecule has 1 fully saturated rings. The molecule has 0 spiro atoms. The van der Waals surface area contributed by atoms with Crippen molar-refractivity contribution in [2.75, 3.05) is 44.8 Å². The van der Waals surface area contributed by atoms with Crippen molar-refractivity contribution >= 4 is 17.3 Å². The third-order valence-corrected chi connectivity index (χ3v) is 5.15. The second kappa shape index (κ2) is 9.80. The predicted molar refractivity (Wildman–Crippen MR) is 115 cm³/mol. The molecule has 1 aliphatic heterocycles. The topological polar surface area (TPSA) is 109 Å². The average Bonchev–Trinajstić information content (AvgIpc) is 3.05. The van der Waals surface area contributed by atoms with Crippen LogP contribution in [0.25, 0.3) is 0 Å². The van der Waals surface area contributed by atoms with Gasteiger partial charge in [-0.1, -0.05) is 0 Å². The van der Waals surface area contributed by atoms with Gasteiger partial charge >= 0.3 is 0 Å². The molecule has 1 heterocycles. The number of carbonyl (C=O) groups excluding carboxylic acids is 1. The van der Waals surface area contributed by atoms with Crippen LogP contribution in [0.3, 0.4) is 0 Å². The SMILES string of the molecule is CCOc1cc(C(=O)N2CCCN(c3ccc(C#N)cc3)CC2)c([N+](=O)[O-])cc1OC. The van der Waals surface area contributed by atoms with E-state index in [-0.39, 0.29) is 17.0 Å². The van der Waals surface area contributed by atoms with E-state index in [0.717, 1.165) is 12.2 Å². The fraction of sp³-hybridized carbons (Fsp3) is 0.364. The van der Waals surface area contributed by atoms with Gasteiger partial charge in [0.25, 0.3) is 11.6 Å². The summed E-state index contributed by atoms with van der Waals surface area (Å²) in [5, 5.41) is 20.6. The van der Waals surface area contributed by atoms with Crippen LogP contribution in [0.1, 0.15) is 29.3 Å². The van der Waals surface area contributed by atoms with Crippen LogP contribution >= 0.6 is 0 Å². The Labute approximate surface area is 180 Å². The van der Waals surface area contributed by atoms with E-state index in [4.69, 9.17) is 14.7 Å². The molecular formula is C22H24N4O5. The number of rotatable bonds is 6. The van der Waals surface area contributed by atoms with Crippen molar-refractivity contribution in [3.8, 4) is 17.6 Å². The Morgan fingerprint density at radius 2 is 1.90 bits per heavy atom. The third kappa shape index (κ3) is 4.86. The minimum absolute atomic E-state index is 0.0129. The molecule has 9 heteroatoms. The minimum atomic E-state index is -0.577. The molecular weight excluding hydrogens is 400 g/mol. The Morgan fingerprint density at radius 1 is 1.16 bits per heavy atom. The van der Waals surface area contributed by atoms with Gasteiger partial charge in [-0.2, -0.15) is 5.26 Å². The molecule has 3 rings (SSSR count). The molecule has 1 saturated heterocycles. The highest BCUT2D eigenvalue weighted by atomic mass is 16.6. The quantitative estimate of drug-likeness (QED) is 0.517. The molecule has 0 radical (unpaired) electrons. The molecule has 0 aliphatic carbocycles. The Kier molecular flexibility index (Phi) is 6.92. The summed E-state index contributed by atoms with van der Waals surface area (Å²) in [7, 11) is 1.40. The number of benzene rings is 2. The van der Waals surface area contributed by atoms with E-state index in [9.17, 15) is 14.9 Å². The molecule has 162 valence electrons. The van der Waals surface area contributed by atoms with Gasteiger partial charge in [-0.15, -0.1) is 0 Å². The summed E-state index contributed by atoms with van der Waals surface area (Å²) in [4.78, 5) is 28.0. The number of nitro benzene ring substituents is 1. The fourth-order valence-electron chi connectivity index (χ4n) is 3.60. The first-order valence-electron chi connectivity index (χ1n) is 10.0. The number of methoxy groups -OCH3 is 1. The lowest BCUT2D eigenvalue weighted by atomic mass is 10.1. The van der Waals surface area contributed by atoms with Crippen LogP contribution in [0, 0.1) is 21.4 Å². The van der Waals surface area contributed by atoms with Crippen LogP contribution < -0.4 is 14.4 Å². The van der Waals surface area contributed by atoms with Gasteiger partial charge in [-0.3, -0.25) is 14.9 Å². The summed E-state index contributed by atoms with van der Waals surface area (Å²) >= 11 is 0. The van der Waals surface area contributed by atoms with Gasteiger partial charge in [0.15, 0.2) is 11.5 Å². The van der Waals surface area contributed by atoms with Gasteiger partial charge in [0.05, 0.1) is 36.3 Å². The van der Waals surface area contributed by atoms with E-state index in [0.29, 0.717) is 44.0 Å². The van der Waals surface area contributed by atoms with Crippen LogP contribution in [0.15, 0.2) is 36.4 Å². The minimum Gasteiger partial charge on any atom is -0.493 e. The van der Waals surface area contributed by atoms with Crippen LogP contribution in [-0.4, -0.2) is 55.6 Å². The van der Waals surface area contributed by atoms with E-state index in [1.165, 1.54) is 19.2 Å². The Hall–Kier alpha value is -3.80. The van der Waals surface area contributed by atoms with Crippen molar-refractivity contribution in [2.24, 2.45) is 0 Å². The molecule has 0 atom stereocenters. The number of nitrogens with zero attached hydrogens (tertiary/aromatic N) is 4. The number of anilines is 1. The zero-order valence-corrected chi connectivity index (χ0v) is 17.5. The number of nitro groups is 1. The van der Waals surface area contributed by atoms with Crippen molar-refractivity contribution in [3.05, 3.63) is 57.6 Å². The molecule has 0 bridgehead atoms. The Bertz CT molecular complexity index is 1000. The first-order valence-corrected chi connectivity index (χ1v) is 10.0. The lowest BCUT2D eigenvalue weighted by Crippen LogP contribution is -2.35. The van der Waals surface area contributed by atoms with Crippen molar-refractivity contribution in [1.82, 2.24) is 4.90 Å². The summed E-state index contributed by atoms with van der Waals surface area (Å²) in [6.45, 7) is 4.36. The first kappa shape index (κ1) is 21.9. The van der Waals surface area contributed by atoms with Crippen LogP contribution in [0.2, 0.25) is 0 Å². The maximum absolute atomic E-state index is 13.2. The second-order valence-electron chi connectivity index (χ2n) is 7.00. The number of hydrogen-bond donors (Lipinski definition) is 0. The summed E-state index contributed by atoms with van der Waals surface area (Å²) in [6.07, 6.45) is 0.716. The monoisotopic (exact) mass is 424 g/mol.